The van der Waals surface area contributed by atoms with E-state index in [1.807, 2.05) is 32.3 Å². The maximum Gasteiger partial charge on any atom is 0.123 e. The molecule has 1 atom stereocenters. The molecule has 1 heterocycles. The van der Waals surface area contributed by atoms with E-state index in [1.165, 1.54) is 17.2 Å². The van der Waals surface area contributed by atoms with Crippen LogP contribution in [0.15, 0.2) is 36.7 Å². The Morgan fingerprint density at radius 3 is 2.65 bits per heavy atom. The number of pyridine rings is 1. The van der Waals surface area contributed by atoms with Gasteiger partial charge in [-0.05, 0) is 61.2 Å². The molecule has 0 amide bonds. The lowest BCUT2D eigenvalue weighted by molar-refractivity contribution is 0.545. The zero-order valence-electron chi connectivity index (χ0n) is 12.3. The standard InChI is InChI=1S/C17H21FN2/c1-4-20-17(15-7-12(2)10-19-11-15)9-14-5-6-16(18)8-13(14)3/h5-8,10-11,17,20H,4,9H2,1-3H3. The summed E-state index contributed by atoms with van der Waals surface area (Å²) in [6.45, 7) is 6.98. The molecular weight excluding hydrogens is 251 g/mol. The Morgan fingerprint density at radius 1 is 1.20 bits per heavy atom. The van der Waals surface area contributed by atoms with Gasteiger partial charge in [0.05, 0.1) is 0 Å². The molecule has 2 rings (SSSR count). The molecule has 2 nitrogen and oxygen atoms in total. The number of nitrogens with zero attached hydrogens (tertiary/aromatic N) is 1. The Hall–Kier alpha value is -1.74. The van der Waals surface area contributed by atoms with Crippen LogP contribution < -0.4 is 5.32 Å². The number of nitrogens with one attached hydrogen (secondary N) is 1. The molecule has 0 radical (unpaired) electrons. The van der Waals surface area contributed by atoms with E-state index in [0.29, 0.717) is 0 Å². The lowest BCUT2D eigenvalue weighted by Crippen LogP contribution is -2.23. The summed E-state index contributed by atoms with van der Waals surface area (Å²) >= 11 is 0. The summed E-state index contributed by atoms with van der Waals surface area (Å²) in [5, 5.41) is 3.48. The van der Waals surface area contributed by atoms with Crippen molar-refractivity contribution in [3.05, 3.63) is 64.7 Å². The number of rotatable bonds is 5. The molecule has 0 aliphatic heterocycles. The van der Waals surface area contributed by atoms with E-state index in [1.54, 1.807) is 6.07 Å². The first kappa shape index (κ1) is 14.7. The fourth-order valence-corrected chi connectivity index (χ4v) is 2.43. The first-order valence-electron chi connectivity index (χ1n) is 7.00. The molecule has 0 spiro atoms. The molecule has 0 aliphatic rings. The van der Waals surface area contributed by atoms with Gasteiger partial charge in [-0.25, -0.2) is 4.39 Å². The van der Waals surface area contributed by atoms with Crippen molar-refractivity contribution >= 4 is 0 Å². The number of halogens is 1. The number of hydrogen-bond acceptors (Lipinski definition) is 2. The third-order valence-electron chi connectivity index (χ3n) is 3.48. The van der Waals surface area contributed by atoms with Crippen molar-refractivity contribution in [3.63, 3.8) is 0 Å². The molecule has 0 bridgehead atoms. The molecular formula is C17H21FN2. The van der Waals surface area contributed by atoms with Crippen LogP contribution in [-0.2, 0) is 6.42 Å². The van der Waals surface area contributed by atoms with Crippen molar-refractivity contribution in [3.8, 4) is 0 Å². The molecule has 1 N–H and O–H groups in total. The molecule has 0 fully saturated rings. The highest BCUT2D eigenvalue weighted by Gasteiger charge is 2.13. The molecule has 1 aromatic carbocycles. The van der Waals surface area contributed by atoms with Crippen LogP contribution in [-0.4, -0.2) is 11.5 Å². The van der Waals surface area contributed by atoms with Gasteiger partial charge in [-0.2, -0.15) is 0 Å². The summed E-state index contributed by atoms with van der Waals surface area (Å²) in [5.74, 6) is -0.177. The summed E-state index contributed by atoms with van der Waals surface area (Å²) in [5.41, 5.74) is 4.49. The second-order valence-electron chi connectivity index (χ2n) is 5.18. The number of benzene rings is 1. The van der Waals surface area contributed by atoms with Crippen LogP contribution in [0.1, 0.15) is 35.2 Å². The second kappa shape index (κ2) is 6.62. The SMILES string of the molecule is CCNC(Cc1ccc(F)cc1C)c1cncc(C)c1. The Bertz CT molecular complexity index is 581. The Kier molecular flexibility index (Phi) is 4.85. The van der Waals surface area contributed by atoms with Gasteiger partial charge < -0.3 is 5.32 Å². The molecule has 1 aromatic heterocycles. The minimum atomic E-state index is -0.177. The van der Waals surface area contributed by atoms with Crippen LogP contribution in [0.25, 0.3) is 0 Å². The summed E-state index contributed by atoms with van der Waals surface area (Å²) in [4.78, 5) is 4.27. The maximum absolute atomic E-state index is 13.2. The lowest BCUT2D eigenvalue weighted by Gasteiger charge is -2.19. The van der Waals surface area contributed by atoms with E-state index in [-0.39, 0.29) is 11.9 Å². The van der Waals surface area contributed by atoms with E-state index in [0.717, 1.165) is 24.1 Å². The Balaban J connectivity index is 2.25. The van der Waals surface area contributed by atoms with Gasteiger partial charge in [0.15, 0.2) is 0 Å². The van der Waals surface area contributed by atoms with Crippen LogP contribution in [0.2, 0.25) is 0 Å². The van der Waals surface area contributed by atoms with Gasteiger partial charge in [0.25, 0.3) is 0 Å². The zero-order valence-corrected chi connectivity index (χ0v) is 12.3. The summed E-state index contributed by atoms with van der Waals surface area (Å²) in [7, 11) is 0. The van der Waals surface area contributed by atoms with E-state index in [4.69, 9.17) is 0 Å². The van der Waals surface area contributed by atoms with Gasteiger partial charge in [0.1, 0.15) is 5.82 Å². The molecule has 0 saturated carbocycles. The van der Waals surface area contributed by atoms with E-state index < -0.39 is 0 Å². The van der Waals surface area contributed by atoms with Crippen LogP contribution in [0.5, 0.6) is 0 Å². The molecule has 1 unspecified atom stereocenters. The van der Waals surface area contributed by atoms with Gasteiger partial charge in [0, 0.05) is 18.4 Å². The highest BCUT2D eigenvalue weighted by atomic mass is 19.1. The number of hydrogen-bond donors (Lipinski definition) is 1. The highest BCUT2D eigenvalue weighted by molar-refractivity contribution is 5.30. The Morgan fingerprint density at radius 2 is 2.00 bits per heavy atom. The summed E-state index contributed by atoms with van der Waals surface area (Å²) in [6.07, 6.45) is 4.60. The topological polar surface area (TPSA) is 24.9 Å². The molecule has 0 saturated heterocycles. The fourth-order valence-electron chi connectivity index (χ4n) is 2.43. The van der Waals surface area contributed by atoms with E-state index in [2.05, 4.69) is 23.3 Å². The predicted octanol–water partition coefficient (Wildman–Crippen LogP) is 3.73. The van der Waals surface area contributed by atoms with Crippen LogP contribution in [0.4, 0.5) is 4.39 Å². The monoisotopic (exact) mass is 272 g/mol. The zero-order chi connectivity index (χ0) is 14.5. The average Bonchev–Trinajstić information content (AvgIpc) is 2.41. The van der Waals surface area contributed by atoms with Gasteiger partial charge in [-0.1, -0.05) is 19.1 Å². The first-order chi connectivity index (χ1) is 9.60. The van der Waals surface area contributed by atoms with Crippen molar-refractivity contribution < 1.29 is 4.39 Å². The molecule has 3 heteroatoms. The van der Waals surface area contributed by atoms with Gasteiger partial charge in [-0.15, -0.1) is 0 Å². The average molecular weight is 272 g/mol. The molecule has 2 aromatic rings. The van der Waals surface area contributed by atoms with Crippen molar-refractivity contribution in [1.82, 2.24) is 10.3 Å². The maximum atomic E-state index is 13.2. The van der Waals surface area contributed by atoms with Crippen molar-refractivity contribution in [2.24, 2.45) is 0 Å². The van der Waals surface area contributed by atoms with Crippen molar-refractivity contribution in [2.45, 2.75) is 33.2 Å². The van der Waals surface area contributed by atoms with Crippen LogP contribution in [0, 0.1) is 19.7 Å². The number of likely N-dealkylation sites (N-methyl/N-ethyl adjacent to an activating group) is 1. The first-order valence-corrected chi connectivity index (χ1v) is 7.00. The van der Waals surface area contributed by atoms with Gasteiger partial charge in [-0.3, -0.25) is 4.98 Å². The van der Waals surface area contributed by atoms with Crippen LogP contribution in [0.3, 0.4) is 0 Å². The third-order valence-corrected chi connectivity index (χ3v) is 3.48. The second-order valence-corrected chi connectivity index (χ2v) is 5.18. The van der Waals surface area contributed by atoms with E-state index in [9.17, 15) is 4.39 Å². The quantitative estimate of drug-likeness (QED) is 0.897. The van der Waals surface area contributed by atoms with E-state index >= 15 is 0 Å². The van der Waals surface area contributed by atoms with Crippen LogP contribution >= 0.6 is 0 Å². The van der Waals surface area contributed by atoms with Crippen molar-refractivity contribution in [1.29, 1.82) is 0 Å². The predicted molar refractivity (Wildman–Crippen MR) is 80.2 cm³/mol. The van der Waals surface area contributed by atoms with Gasteiger partial charge in [0.2, 0.25) is 0 Å². The number of aromatic nitrogens is 1. The largest absolute Gasteiger partial charge is 0.310 e. The fraction of sp³-hybridized carbons (Fsp3) is 0.353. The minimum absolute atomic E-state index is 0.177. The third kappa shape index (κ3) is 3.64. The summed E-state index contributed by atoms with van der Waals surface area (Å²) < 4.78 is 13.2. The number of aryl methyl sites for hydroxylation is 2. The summed E-state index contributed by atoms with van der Waals surface area (Å²) in [6, 6.07) is 7.35. The Labute approximate surface area is 120 Å². The minimum Gasteiger partial charge on any atom is -0.310 e. The molecule has 20 heavy (non-hydrogen) atoms. The highest BCUT2D eigenvalue weighted by Crippen LogP contribution is 2.21. The molecule has 0 aliphatic carbocycles. The van der Waals surface area contributed by atoms with Crippen molar-refractivity contribution in [2.75, 3.05) is 6.54 Å². The van der Waals surface area contributed by atoms with Gasteiger partial charge >= 0.3 is 0 Å². The molecule has 106 valence electrons. The normalized spacial score (nSPS) is 12.4. The lowest BCUT2D eigenvalue weighted by atomic mass is 9.96. The smallest absolute Gasteiger partial charge is 0.123 e.